The number of carboxylic acid groups (broad SMARTS) is 1. The van der Waals surface area contributed by atoms with Crippen LogP contribution in [0.1, 0.15) is 25.7 Å². The van der Waals surface area contributed by atoms with Gasteiger partial charge in [0, 0.05) is 12.5 Å². The molecule has 0 amide bonds. The molecule has 144 valence electrons. The molecule has 7 heteroatoms. The van der Waals surface area contributed by atoms with Gasteiger partial charge < -0.3 is 24.3 Å². The summed E-state index contributed by atoms with van der Waals surface area (Å²) in [6, 6.07) is 8.11. The molecule has 1 saturated heterocycles. The Labute approximate surface area is 154 Å². The molecular weight excluding hydrogens is 336 g/mol. The molecule has 0 spiro atoms. The first kappa shape index (κ1) is 20.0. The molecule has 0 aromatic heterocycles. The lowest BCUT2D eigenvalue weighted by Gasteiger charge is -2.29. The average Bonchev–Trinajstić information content (AvgIpc) is 3.02. The molecule has 2 fully saturated rings. The van der Waals surface area contributed by atoms with Gasteiger partial charge in [0.05, 0.1) is 19.9 Å². The molecule has 2 atom stereocenters. The summed E-state index contributed by atoms with van der Waals surface area (Å²) in [6.45, 7) is 0.825. The Morgan fingerprint density at radius 3 is 2.46 bits per heavy atom. The summed E-state index contributed by atoms with van der Waals surface area (Å²) in [7, 11) is 5.39. The predicted octanol–water partition coefficient (Wildman–Crippen LogP) is 2.65. The van der Waals surface area contributed by atoms with Gasteiger partial charge in [-0.3, -0.25) is 0 Å². The first-order valence-electron chi connectivity index (χ1n) is 8.82. The van der Waals surface area contributed by atoms with Crippen LogP contribution in [-0.2, 0) is 9.63 Å². The van der Waals surface area contributed by atoms with Gasteiger partial charge in [0.15, 0.2) is 11.5 Å². The molecule has 2 unspecified atom stereocenters. The highest BCUT2D eigenvalue weighted by molar-refractivity contribution is 5.85. The molecular formula is C19H28N2O5. The molecule has 1 heterocycles. The molecule has 7 nitrogen and oxygen atoms in total. The number of rotatable bonds is 5. The summed E-state index contributed by atoms with van der Waals surface area (Å²) < 4.78 is 10.0. The largest absolute Gasteiger partial charge is 0.493 e. The minimum absolute atomic E-state index is 0.340. The van der Waals surface area contributed by atoms with Crippen molar-refractivity contribution in [2.24, 2.45) is 11.1 Å². The second kappa shape index (κ2) is 10.0. The zero-order valence-corrected chi connectivity index (χ0v) is 15.7. The van der Waals surface area contributed by atoms with Crippen LogP contribution in [0.3, 0.4) is 0 Å². The third-order valence-electron chi connectivity index (χ3n) is 4.88. The monoisotopic (exact) mass is 364 g/mol. The Kier molecular flexibility index (Phi) is 7.72. The maximum absolute atomic E-state index is 10.3. The minimum atomic E-state index is -0.976. The molecule has 1 aromatic carbocycles. The highest BCUT2D eigenvalue weighted by Crippen LogP contribution is 2.34. The second-order valence-electron chi connectivity index (χ2n) is 6.52. The molecule has 3 rings (SSSR count). The van der Waals surface area contributed by atoms with Crippen LogP contribution < -0.4 is 9.47 Å². The number of oxime groups is 1. The molecule has 1 aliphatic carbocycles. The fourth-order valence-corrected chi connectivity index (χ4v) is 3.49. The van der Waals surface area contributed by atoms with Gasteiger partial charge in [-0.25, -0.2) is 4.79 Å². The molecule has 1 aliphatic heterocycles. The maximum Gasteiger partial charge on any atom is 0.344 e. The molecule has 1 aromatic rings. The van der Waals surface area contributed by atoms with Crippen molar-refractivity contribution in [3.8, 4) is 11.5 Å². The third-order valence-corrected chi connectivity index (χ3v) is 4.88. The van der Waals surface area contributed by atoms with Gasteiger partial charge in [-0.2, -0.15) is 0 Å². The molecule has 1 saturated carbocycles. The normalized spacial score (nSPS) is 23.6. The van der Waals surface area contributed by atoms with Gasteiger partial charge in [-0.05, 0) is 50.9 Å². The van der Waals surface area contributed by atoms with E-state index in [1.165, 1.54) is 13.0 Å². The van der Waals surface area contributed by atoms with E-state index in [9.17, 15) is 4.79 Å². The third kappa shape index (κ3) is 5.62. The summed E-state index contributed by atoms with van der Waals surface area (Å²) in [5, 5.41) is 12.4. The number of methoxy groups -OCH3 is 2. The Morgan fingerprint density at radius 2 is 1.88 bits per heavy atom. The number of carbonyl (C=O) groups is 1. The van der Waals surface area contributed by atoms with Crippen LogP contribution in [0.2, 0.25) is 0 Å². The van der Waals surface area contributed by atoms with E-state index in [0.29, 0.717) is 6.04 Å². The molecule has 1 N–H and O–H groups in total. The first-order chi connectivity index (χ1) is 12.5. The number of ether oxygens (including phenoxy) is 2. The van der Waals surface area contributed by atoms with Gasteiger partial charge in [-0.1, -0.05) is 17.3 Å². The van der Waals surface area contributed by atoms with Crippen molar-refractivity contribution in [3.05, 3.63) is 24.3 Å². The first-order valence-corrected chi connectivity index (χ1v) is 8.82. The van der Waals surface area contributed by atoms with E-state index in [4.69, 9.17) is 19.4 Å². The number of hydrogen-bond donors (Lipinski definition) is 1. The molecule has 0 bridgehead atoms. The van der Waals surface area contributed by atoms with Crippen molar-refractivity contribution in [1.29, 1.82) is 0 Å². The molecule has 2 aliphatic rings. The minimum Gasteiger partial charge on any atom is -0.493 e. The van der Waals surface area contributed by atoms with Crippen LogP contribution >= 0.6 is 0 Å². The van der Waals surface area contributed by atoms with Crippen molar-refractivity contribution in [2.75, 3.05) is 34.4 Å². The van der Waals surface area contributed by atoms with Crippen molar-refractivity contribution >= 4 is 11.7 Å². The highest BCUT2D eigenvalue weighted by Gasteiger charge is 2.35. The number of nitrogens with zero attached hydrogens (tertiary/aromatic N) is 2. The quantitative estimate of drug-likeness (QED) is 0.809. The number of aliphatic carboxylic acids is 1. The van der Waals surface area contributed by atoms with Crippen LogP contribution in [0.15, 0.2) is 29.4 Å². The summed E-state index contributed by atoms with van der Waals surface area (Å²) in [5.74, 6) is 1.36. The topological polar surface area (TPSA) is 80.6 Å². The smallest absolute Gasteiger partial charge is 0.344 e. The van der Waals surface area contributed by atoms with Crippen molar-refractivity contribution < 1.29 is 24.2 Å². The van der Waals surface area contributed by atoms with Gasteiger partial charge >= 0.3 is 5.97 Å². The van der Waals surface area contributed by atoms with E-state index < -0.39 is 5.97 Å². The zero-order valence-electron chi connectivity index (χ0n) is 15.7. The van der Waals surface area contributed by atoms with E-state index in [2.05, 4.69) is 17.1 Å². The number of likely N-dealkylation sites (tertiary alicyclic amines) is 1. The van der Waals surface area contributed by atoms with E-state index in [-0.39, 0.29) is 6.61 Å². The molecule has 26 heavy (non-hydrogen) atoms. The van der Waals surface area contributed by atoms with Gasteiger partial charge in [0.2, 0.25) is 6.61 Å². The van der Waals surface area contributed by atoms with E-state index >= 15 is 0 Å². The number of benzene rings is 1. The van der Waals surface area contributed by atoms with E-state index in [1.807, 2.05) is 24.3 Å². The Morgan fingerprint density at radius 1 is 1.23 bits per heavy atom. The van der Waals surface area contributed by atoms with E-state index in [0.717, 1.165) is 42.4 Å². The Bertz CT molecular complexity index is 597. The standard InChI is InChI=1S/C11H18N2O3.C8H10O2/c1-13-5-4-8-2-3-9(6-10(8)13)12-16-7-11(14)15;1-9-7-5-3-4-6-8(7)10-2/h8,10H,2-7H2,1H3,(H,14,15);3-6H,1-2H3/b12-9+;. The zero-order chi connectivity index (χ0) is 18.9. The summed E-state index contributed by atoms with van der Waals surface area (Å²) >= 11 is 0. The van der Waals surface area contributed by atoms with Crippen LogP contribution in [0.4, 0.5) is 0 Å². The van der Waals surface area contributed by atoms with E-state index in [1.54, 1.807) is 14.2 Å². The fraction of sp³-hybridized carbons (Fsp3) is 0.579. The molecule has 0 radical (unpaired) electrons. The van der Waals surface area contributed by atoms with Crippen LogP contribution in [-0.4, -0.2) is 62.1 Å². The summed E-state index contributed by atoms with van der Waals surface area (Å²) in [6.07, 6.45) is 4.32. The fourth-order valence-electron chi connectivity index (χ4n) is 3.49. The van der Waals surface area contributed by atoms with Crippen molar-refractivity contribution in [2.45, 2.75) is 31.7 Å². The van der Waals surface area contributed by atoms with Gasteiger partial charge in [-0.15, -0.1) is 0 Å². The van der Waals surface area contributed by atoms with Gasteiger partial charge in [0.25, 0.3) is 0 Å². The summed E-state index contributed by atoms with van der Waals surface area (Å²) in [4.78, 5) is 17.4. The number of para-hydroxylation sites is 2. The lowest BCUT2D eigenvalue weighted by atomic mass is 9.84. The lowest BCUT2D eigenvalue weighted by molar-refractivity contribution is -0.142. The average molecular weight is 364 g/mol. The number of fused-ring (bicyclic) bond motifs is 1. The SMILES string of the molecule is CN1CCC2CC/C(=N\OCC(=O)O)CC21.COc1ccccc1OC. The Balaban J connectivity index is 0.000000209. The van der Waals surface area contributed by atoms with Crippen molar-refractivity contribution in [3.63, 3.8) is 0 Å². The van der Waals surface area contributed by atoms with Crippen LogP contribution in [0.25, 0.3) is 0 Å². The van der Waals surface area contributed by atoms with Crippen molar-refractivity contribution in [1.82, 2.24) is 4.90 Å². The number of carboxylic acids is 1. The van der Waals surface area contributed by atoms with Crippen LogP contribution in [0, 0.1) is 5.92 Å². The highest BCUT2D eigenvalue weighted by atomic mass is 16.6. The lowest BCUT2D eigenvalue weighted by Crippen LogP contribution is -2.35. The number of hydrogen-bond acceptors (Lipinski definition) is 6. The summed E-state index contributed by atoms with van der Waals surface area (Å²) in [5.41, 5.74) is 1.01. The maximum atomic E-state index is 10.3. The predicted molar refractivity (Wildman–Crippen MR) is 98.9 cm³/mol. The van der Waals surface area contributed by atoms with Crippen LogP contribution in [0.5, 0.6) is 11.5 Å². The second-order valence-corrected chi connectivity index (χ2v) is 6.52. The van der Waals surface area contributed by atoms with Gasteiger partial charge in [0.1, 0.15) is 0 Å². The Hall–Kier alpha value is -2.28.